The van der Waals surface area contributed by atoms with Gasteiger partial charge < -0.3 is 4.74 Å². The van der Waals surface area contributed by atoms with E-state index in [0.29, 0.717) is 12.0 Å². The summed E-state index contributed by atoms with van der Waals surface area (Å²) in [4.78, 5) is 0. The van der Waals surface area contributed by atoms with Crippen molar-refractivity contribution in [2.75, 3.05) is 0 Å². The van der Waals surface area contributed by atoms with Crippen molar-refractivity contribution < 1.29 is 26.7 Å². The average molecular weight is 465 g/mol. The van der Waals surface area contributed by atoms with Gasteiger partial charge in [0.05, 0.1) is 0 Å². The highest BCUT2D eigenvalue weighted by atomic mass is 19.4. The molecule has 1 nitrogen and oxygen atoms in total. The van der Waals surface area contributed by atoms with Crippen molar-refractivity contribution in [3.05, 3.63) is 58.7 Å². The van der Waals surface area contributed by atoms with Gasteiger partial charge in [0.15, 0.2) is 11.6 Å². The Morgan fingerprint density at radius 1 is 0.939 bits per heavy atom. The largest absolute Gasteiger partial charge is 0.573 e. The summed E-state index contributed by atoms with van der Waals surface area (Å²) in [5.41, 5.74) is 3.11. The Labute approximate surface area is 191 Å². The summed E-state index contributed by atoms with van der Waals surface area (Å²) in [6, 6.07) is 6.38. The molecule has 6 heteroatoms. The molecule has 1 saturated carbocycles. The molecule has 0 N–H and O–H groups in total. The van der Waals surface area contributed by atoms with Crippen LogP contribution in [-0.4, -0.2) is 6.36 Å². The summed E-state index contributed by atoms with van der Waals surface area (Å²) < 4.78 is 70.1. The minimum Gasteiger partial charge on any atom is -0.403 e. The molecule has 0 atom stereocenters. The quantitative estimate of drug-likeness (QED) is 0.388. The smallest absolute Gasteiger partial charge is 0.403 e. The van der Waals surface area contributed by atoms with E-state index in [9.17, 15) is 17.6 Å². The first-order chi connectivity index (χ1) is 15.7. The summed E-state index contributed by atoms with van der Waals surface area (Å²) in [6.07, 6.45) is 7.24. The molecule has 178 valence electrons. The second-order valence-electron chi connectivity index (χ2n) is 9.32. The van der Waals surface area contributed by atoms with Crippen molar-refractivity contribution in [3.8, 4) is 16.9 Å². The molecule has 0 aliphatic heterocycles. The van der Waals surface area contributed by atoms with Crippen LogP contribution in [0.15, 0.2) is 35.9 Å². The molecule has 0 spiro atoms. The molecule has 0 bridgehead atoms. The van der Waals surface area contributed by atoms with Crippen LogP contribution in [0.3, 0.4) is 0 Å². The predicted molar refractivity (Wildman–Crippen MR) is 120 cm³/mol. The molecule has 0 radical (unpaired) electrons. The van der Waals surface area contributed by atoms with E-state index < -0.39 is 23.7 Å². The van der Waals surface area contributed by atoms with E-state index in [-0.39, 0.29) is 11.1 Å². The molecule has 2 aliphatic carbocycles. The zero-order chi connectivity index (χ0) is 23.6. The number of alkyl halides is 3. The minimum absolute atomic E-state index is 0.177. The molecular weight excluding hydrogens is 435 g/mol. The van der Waals surface area contributed by atoms with E-state index >= 15 is 4.39 Å². The van der Waals surface area contributed by atoms with Crippen molar-refractivity contribution in [3.63, 3.8) is 0 Å². The number of rotatable bonds is 6. The third-order valence-corrected chi connectivity index (χ3v) is 7.22. The number of halogens is 5. The Morgan fingerprint density at radius 3 is 2.33 bits per heavy atom. The van der Waals surface area contributed by atoms with Gasteiger partial charge in [0, 0.05) is 5.56 Å². The van der Waals surface area contributed by atoms with Gasteiger partial charge in [0.25, 0.3) is 0 Å². The van der Waals surface area contributed by atoms with Gasteiger partial charge in [0.2, 0.25) is 0 Å². The first-order valence-corrected chi connectivity index (χ1v) is 11.8. The summed E-state index contributed by atoms with van der Waals surface area (Å²) in [7, 11) is 0. The molecule has 0 saturated heterocycles. The van der Waals surface area contributed by atoms with E-state index in [1.54, 1.807) is 6.07 Å². The number of ether oxygens (including phenoxy) is 1. The van der Waals surface area contributed by atoms with Crippen LogP contribution < -0.4 is 4.74 Å². The number of hydrogen-bond donors (Lipinski definition) is 0. The van der Waals surface area contributed by atoms with E-state index in [1.807, 2.05) is 6.07 Å². The van der Waals surface area contributed by atoms with Crippen molar-refractivity contribution in [2.45, 2.75) is 71.1 Å². The third kappa shape index (κ3) is 5.77. The lowest BCUT2D eigenvalue weighted by molar-refractivity contribution is -0.275. The molecule has 2 aromatic carbocycles. The molecular formula is C27H29F5O. The SMILES string of the molecule is CCC1CCC(CCC2=Cc3ccc(-c4ccc(OC(F)(F)F)c(F)c4)c(F)c3CC2)CC1. The van der Waals surface area contributed by atoms with Gasteiger partial charge in [0.1, 0.15) is 5.82 Å². The molecule has 33 heavy (non-hydrogen) atoms. The Morgan fingerprint density at radius 2 is 1.67 bits per heavy atom. The maximum Gasteiger partial charge on any atom is 0.573 e. The van der Waals surface area contributed by atoms with Crippen molar-refractivity contribution in [2.24, 2.45) is 11.8 Å². The maximum absolute atomic E-state index is 15.3. The molecule has 2 aromatic rings. The first kappa shape index (κ1) is 23.8. The molecule has 4 rings (SSSR count). The second kappa shape index (κ2) is 9.86. The molecule has 0 aromatic heterocycles. The van der Waals surface area contributed by atoms with Crippen LogP contribution in [0.1, 0.15) is 69.4 Å². The summed E-state index contributed by atoms with van der Waals surface area (Å²) in [6.45, 7) is 2.27. The van der Waals surface area contributed by atoms with Gasteiger partial charge in [-0.2, -0.15) is 0 Å². The molecule has 0 unspecified atom stereocenters. The maximum atomic E-state index is 15.3. The van der Waals surface area contributed by atoms with Gasteiger partial charge >= 0.3 is 6.36 Å². The highest BCUT2D eigenvalue weighted by Gasteiger charge is 2.32. The Bertz CT molecular complexity index is 1020. The third-order valence-electron chi connectivity index (χ3n) is 7.22. The lowest BCUT2D eigenvalue weighted by Crippen LogP contribution is -2.17. The monoisotopic (exact) mass is 464 g/mol. The van der Waals surface area contributed by atoms with Crippen LogP contribution in [0.25, 0.3) is 17.2 Å². The molecule has 1 fully saturated rings. The fourth-order valence-corrected chi connectivity index (χ4v) is 5.22. The van der Waals surface area contributed by atoms with E-state index in [4.69, 9.17) is 0 Å². The molecule has 0 heterocycles. The van der Waals surface area contributed by atoms with Crippen LogP contribution in [0.2, 0.25) is 0 Å². The molecule has 0 amide bonds. The van der Waals surface area contributed by atoms with Crippen LogP contribution in [0, 0.1) is 23.5 Å². The van der Waals surface area contributed by atoms with Gasteiger partial charge in [-0.1, -0.05) is 68.9 Å². The number of allylic oxidation sites excluding steroid dienone is 1. The second-order valence-corrected chi connectivity index (χ2v) is 9.32. The van der Waals surface area contributed by atoms with Crippen molar-refractivity contribution in [1.29, 1.82) is 0 Å². The Kier molecular flexibility index (Phi) is 7.10. The van der Waals surface area contributed by atoms with E-state index in [0.717, 1.165) is 42.4 Å². The minimum atomic E-state index is -4.99. The number of benzene rings is 2. The zero-order valence-electron chi connectivity index (χ0n) is 18.8. The van der Waals surface area contributed by atoms with Gasteiger partial charge in [-0.25, -0.2) is 8.78 Å². The molecule has 2 aliphatic rings. The van der Waals surface area contributed by atoms with Gasteiger partial charge in [-0.05, 0) is 66.3 Å². The summed E-state index contributed by atoms with van der Waals surface area (Å²) >= 11 is 0. The van der Waals surface area contributed by atoms with Crippen LogP contribution in [-0.2, 0) is 6.42 Å². The van der Waals surface area contributed by atoms with Crippen LogP contribution in [0.5, 0.6) is 5.75 Å². The predicted octanol–water partition coefficient (Wildman–Crippen LogP) is 8.86. The van der Waals surface area contributed by atoms with E-state index in [2.05, 4.69) is 17.7 Å². The van der Waals surface area contributed by atoms with E-state index in [1.165, 1.54) is 50.2 Å². The average Bonchev–Trinajstić information content (AvgIpc) is 2.79. The Hall–Kier alpha value is -2.37. The zero-order valence-corrected chi connectivity index (χ0v) is 18.8. The highest BCUT2D eigenvalue weighted by Crippen LogP contribution is 2.38. The van der Waals surface area contributed by atoms with Gasteiger partial charge in [-0.15, -0.1) is 13.2 Å². The number of fused-ring (bicyclic) bond motifs is 1. The van der Waals surface area contributed by atoms with Crippen LogP contribution >= 0.6 is 0 Å². The van der Waals surface area contributed by atoms with Crippen LogP contribution in [0.4, 0.5) is 22.0 Å². The van der Waals surface area contributed by atoms with Crippen molar-refractivity contribution >= 4 is 6.08 Å². The fraction of sp³-hybridized carbons (Fsp3) is 0.481. The Balaban J connectivity index is 1.46. The summed E-state index contributed by atoms with van der Waals surface area (Å²) in [5.74, 6) is -0.878. The lowest BCUT2D eigenvalue weighted by atomic mass is 9.78. The lowest BCUT2D eigenvalue weighted by Gasteiger charge is -2.28. The topological polar surface area (TPSA) is 9.23 Å². The standard InChI is InChI=1S/C27H29F5O/c1-2-17-3-5-18(6-4-17)7-8-19-9-12-22-20(15-19)10-13-23(26(22)29)21-11-14-25(24(28)16-21)33-27(30,31)32/h10-11,13-18H,2-9,12H2,1H3. The highest BCUT2D eigenvalue weighted by molar-refractivity contribution is 5.71. The first-order valence-electron chi connectivity index (χ1n) is 11.8. The normalized spacial score (nSPS) is 20.8. The van der Waals surface area contributed by atoms with Gasteiger partial charge in [-0.3, -0.25) is 0 Å². The van der Waals surface area contributed by atoms with Crippen molar-refractivity contribution in [1.82, 2.24) is 0 Å². The number of hydrogen-bond acceptors (Lipinski definition) is 1. The fourth-order valence-electron chi connectivity index (χ4n) is 5.22. The summed E-state index contributed by atoms with van der Waals surface area (Å²) in [5, 5.41) is 0.